The highest BCUT2D eigenvalue weighted by atomic mass is 19.2. The second-order valence-electron chi connectivity index (χ2n) is 5.54. The molecule has 0 aromatic heterocycles. The van der Waals surface area contributed by atoms with Gasteiger partial charge in [0.2, 0.25) is 0 Å². The van der Waals surface area contributed by atoms with Crippen molar-refractivity contribution in [2.75, 3.05) is 26.2 Å². The lowest BCUT2D eigenvalue weighted by Gasteiger charge is -2.35. The summed E-state index contributed by atoms with van der Waals surface area (Å²) in [6.45, 7) is 7.35. The van der Waals surface area contributed by atoms with Crippen molar-refractivity contribution >= 4 is 0 Å². The van der Waals surface area contributed by atoms with Gasteiger partial charge in [-0.05, 0) is 18.9 Å². The Balaban J connectivity index is 2.27. The molecule has 1 aliphatic heterocycles. The molecule has 1 aromatic rings. The number of aryl methyl sites for hydroxylation is 1. The standard InChI is InChI=1S/C16H24F2N2/c1-3-4-5-14(20-10-8-19-9-11-20)13-7-6-12(2)15(17)16(13)18/h6-7,14,19H,3-5,8-11H2,1-2H3/t14-/m1/s1. The van der Waals surface area contributed by atoms with Crippen LogP contribution >= 0.6 is 0 Å². The van der Waals surface area contributed by atoms with Crippen molar-refractivity contribution in [3.8, 4) is 0 Å². The summed E-state index contributed by atoms with van der Waals surface area (Å²) < 4.78 is 28.1. The maximum absolute atomic E-state index is 14.3. The highest BCUT2D eigenvalue weighted by molar-refractivity contribution is 5.28. The summed E-state index contributed by atoms with van der Waals surface area (Å²) >= 11 is 0. The molecule has 0 saturated carbocycles. The molecule has 1 saturated heterocycles. The molecule has 1 aromatic carbocycles. The first-order valence-corrected chi connectivity index (χ1v) is 7.54. The fourth-order valence-corrected chi connectivity index (χ4v) is 2.84. The van der Waals surface area contributed by atoms with Gasteiger partial charge in [0, 0.05) is 37.8 Å². The van der Waals surface area contributed by atoms with Crippen molar-refractivity contribution in [1.82, 2.24) is 10.2 Å². The summed E-state index contributed by atoms with van der Waals surface area (Å²) in [6.07, 6.45) is 2.98. The Hall–Kier alpha value is -1.00. The maximum Gasteiger partial charge on any atom is 0.163 e. The first-order valence-electron chi connectivity index (χ1n) is 7.54. The van der Waals surface area contributed by atoms with E-state index in [0.29, 0.717) is 11.1 Å². The van der Waals surface area contributed by atoms with E-state index in [1.54, 1.807) is 19.1 Å². The molecular formula is C16H24F2N2. The molecule has 2 rings (SSSR count). The van der Waals surface area contributed by atoms with Gasteiger partial charge in [-0.15, -0.1) is 0 Å². The molecule has 2 nitrogen and oxygen atoms in total. The number of halogens is 2. The van der Waals surface area contributed by atoms with E-state index in [4.69, 9.17) is 0 Å². The van der Waals surface area contributed by atoms with Crippen LogP contribution in [0.5, 0.6) is 0 Å². The summed E-state index contributed by atoms with van der Waals surface area (Å²) in [5, 5.41) is 3.30. The number of nitrogens with zero attached hydrogens (tertiary/aromatic N) is 1. The molecule has 20 heavy (non-hydrogen) atoms. The molecule has 4 heteroatoms. The summed E-state index contributed by atoms with van der Waals surface area (Å²) in [5.41, 5.74) is 0.893. The van der Waals surface area contributed by atoms with E-state index in [-0.39, 0.29) is 6.04 Å². The van der Waals surface area contributed by atoms with Gasteiger partial charge in [0.05, 0.1) is 0 Å². The Labute approximate surface area is 120 Å². The van der Waals surface area contributed by atoms with Crippen molar-refractivity contribution in [3.05, 3.63) is 34.9 Å². The SMILES string of the molecule is CCCC[C@H](c1ccc(C)c(F)c1F)N1CCNCC1. The number of piperazine rings is 1. The van der Waals surface area contributed by atoms with Crippen LogP contribution in [0.4, 0.5) is 8.78 Å². The third-order valence-electron chi connectivity index (χ3n) is 4.09. The van der Waals surface area contributed by atoms with Crippen molar-refractivity contribution in [1.29, 1.82) is 0 Å². The quantitative estimate of drug-likeness (QED) is 0.890. The molecule has 0 bridgehead atoms. The Morgan fingerprint density at radius 2 is 1.90 bits per heavy atom. The molecule has 112 valence electrons. The van der Waals surface area contributed by atoms with E-state index in [9.17, 15) is 8.78 Å². The third-order valence-corrected chi connectivity index (χ3v) is 4.09. The summed E-state index contributed by atoms with van der Waals surface area (Å²) in [6, 6.07) is 3.44. The second kappa shape index (κ2) is 7.14. The highest BCUT2D eigenvalue weighted by Crippen LogP contribution is 2.30. The van der Waals surface area contributed by atoms with E-state index >= 15 is 0 Å². The number of nitrogens with one attached hydrogen (secondary N) is 1. The minimum Gasteiger partial charge on any atom is -0.314 e. The predicted molar refractivity (Wildman–Crippen MR) is 77.8 cm³/mol. The van der Waals surface area contributed by atoms with Gasteiger partial charge in [-0.1, -0.05) is 31.9 Å². The average molecular weight is 282 g/mol. The lowest BCUT2D eigenvalue weighted by atomic mass is 9.97. The van der Waals surface area contributed by atoms with Crippen LogP contribution in [0.15, 0.2) is 12.1 Å². The van der Waals surface area contributed by atoms with Crippen molar-refractivity contribution in [3.63, 3.8) is 0 Å². The number of hydrogen-bond donors (Lipinski definition) is 1. The van der Waals surface area contributed by atoms with Crippen LogP contribution in [0.25, 0.3) is 0 Å². The lowest BCUT2D eigenvalue weighted by molar-refractivity contribution is 0.159. The Bertz CT molecular complexity index is 442. The van der Waals surface area contributed by atoms with Gasteiger partial charge in [-0.2, -0.15) is 0 Å². The van der Waals surface area contributed by atoms with Gasteiger partial charge in [-0.3, -0.25) is 4.90 Å². The van der Waals surface area contributed by atoms with E-state index in [1.807, 2.05) is 0 Å². The molecule has 0 radical (unpaired) electrons. The minimum atomic E-state index is -0.695. The Morgan fingerprint density at radius 1 is 1.20 bits per heavy atom. The predicted octanol–water partition coefficient (Wildman–Crippen LogP) is 3.41. The number of hydrogen-bond acceptors (Lipinski definition) is 2. The smallest absolute Gasteiger partial charge is 0.163 e. The normalized spacial score (nSPS) is 18.2. The number of rotatable bonds is 5. The average Bonchev–Trinajstić information content (AvgIpc) is 2.48. The largest absolute Gasteiger partial charge is 0.314 e. The first-order chi connectivity index (χ1) is 9.65. The van der Waals surface area contributed by atoms with E-state index in [2.05, 4.69) is 17.1 Å². The van der Waals surface area contributed by atoms with Crippen LogP contribution in [0.2, 0.25) is 0 Å². The number of unbranched alkanes of at least 4 members (excludes halogenated alkanes) is 1. The van der Waals surface area contributed by atoms with Gasteiger partial charge >= 0.3 is 0 Å². The van der Waals surface area contributed by atoms with Gasteiger partial charge in [-0.25, -0.2) is 8.78 Å². The fourth-order valence-electron chi connectivity index (χ4n) is 2.84. The maximum atomic E-state index is 14.3. The number of benzene rings is 1. The van der Waals surface area contributed by atoms with Gasteiger partial charge in [0.25, 0.3) is 0 Å². The minimum absolute atomic E-state index is 0.00727. The summed E-state index contributed by atoms with van der Waals surface area (Å²) in [7, 11) is 0. The summed E-state index contributed by atoms with van der Waals surface area (Å²) in [5.74, 6) is -1.36. The highest BCUT2D eigenvalue weighted by Gasteiger charge is 2.25. The van der Waals surface area contributed by atoms with Crippen LogP contribution in [0.1, 0.15) is 43.4 Å². The van der Waals surface area contributed by atoms with Crippen LogP contribution in [-0.4, -0.2) is 31.1 Å². The van der Waals surface area contributed by atoms with Crippen LogP contribution < -0.4 is 5.32 Å². The second-order valence-corrected chi connectivity index (χ2v) is 5.54. The van der Waals surface area contributed by atoms with Crippen LogP contribution in [-0.2, 0) is 0 Å². The van der Waals surface area contributed by atoms with E-state index in [0.717, 1.165) is 45.4 Å². The monoisotopic (exact) mass is 282 g/mol. The van der Waals surface area contributed by atoms with E-state index < -0.39 is 11.6 Å². The fraction of sp³-hybridized carbons (Fsp3) is 0.625. The van der Waals surface area contributed by atoms with Crippen LogP contribution in [0.3, 0.4) is 0 Å². The zero-order valence-corrected chi connectivity index (χ0v) is 12.4. The van der Waals surface area contributed by atoms with Gasteiger partial charge in [0.15, 0.2) is 11.6 Å². The lowest BCUT2D eigenvalue weighted by Crippen LogP contribution is -2.45. The van der Waals surface area contributed by atoms with Crippen molar-refractivity contribution in [2.24, 2.45) is 0 Å². The van der Waals surface area contributed by atoms with Gasteiger partial charge in [0.1, 0.15) is 0 Å². The molecule has 1 fully saturated rings. The molecule has 0 aliphatic carbocycles. The molecule has 1 N–H and O–H groups in total. The molecular weight excluding hydrogens is 258 g/mol. The molecule has 1 heterocycles. The molecule has 1 aliphatic rings. The van der Waals surface area contributed by atoms with Gasteiger partial charge < -0.3 is 5.32 Å². The van der Waals surface area contributed by atoms with E-state index in [1.165, 1.54) is 0 Å². The zero-order valence-electron chi connectivity index (χ0n) is 12.4. The third kappa shape index (κ3) is 3.36. The Kier molecular flexibility index (Phi) is 5.49. The van der Waals surface area contributed by atoms with Crippen molar-refractivity contribution in [2.45, 2.75) is 39.2 Å². The summed E-state index contributed by atoms with van der Waals surface area (Å²) in [4.78, 5) is 2.28. The van der Waals surface area contributed by atoms with Crippen molar-refractivity contribution < 1.29 is 8.78 Å². The van der Waals surface area contributed by atoms with Crippen LogP contribution in [0, 0.1) is 18.6 Å². The molecule has 1 atom stereocenters. The molecule has 0 amide bonds. The Morgan fingerprint density at radius 3 is 2.55 bits per heavy atom. The first kappa shape index (κ1) is 15.4. The topological polar surface area (TPSA) is 15.3 Å². The molecule has 0 unspecified atom stereocenters. The molecule has 0 spiro atoms. The zero-order chi connectivity index (χ0) is 14.5.